The number of aromatic nitrogens is 1. The van der Waals surface area contributed by atoms with E-state index in [2.05, 4.69) is 11.0 Å². The van der Waals surface area contributed by atoms with Crippen molar-refractivity contribution >= 4 is 46.1 Å². The van der Waals surface area contributed by atoms with Crippen LogP contribution in [0.5, 0.6) is 0 Å². The lowest BCUT2D eigenvalue weighted by Crippen LogP contribution is -2.48. The Bertz CT molecular complexity index is 1100. The first-order valence-electron chi connectivity index (χ1n) is 11.6. The van der Waals surface area contributed by atoms with Crippen molar-refractivity contribution < 1.29 is 9.53 Å². The van der Waals surface area contributed by atoms with Gasteiger partial charge in [-0.2, -0.15) is 5.26 Å². The molecule has 9 heteroatoms. The van der Waals surface area contributed by atoms with E-state index in [1.54, 1.807) is 16.4 Å². The number of nitrogens with zero attached hydrogens (tertiary/aromatic N) is 4. The Kier molecular flexibility index (Phi) is 6.99. The number of thioether (sulfide) groups is 1. The summed E-state index contributed by atoms with van der Waals surface area (Å²) in [5.74, 6) is 0.672. The number of morpholine rings is 1. The number of carbonyl (C=O) groups is 1. The molecule has 0 spiro atoms. The van der Waals surface area contributed by atoms with Crippen LogP contribution in [-0.4, -0.2) is 51.0 Å². The molecule has 0 radical (unpaired) electrons. The maximum absolute atomic E-state index is 13.4. The van der Waals surface area contributed by atoms with Crippen LogP contribution in [0.15, 0.2) is 9.70 Å². The molecule has 33 heavy (non-hydrogen) atoms. The monoisotopic (exact) mass is 486 g/mol. The summed E-state index contributed by atoms with van der Waals surface area (Å²) in [4.78, 5) is 31.0. The second-order valence-corrected chi connectivity index (χ2v) is 10.7. The summed E-state index contributed by atoms with van der Waals surface area (Å²) in [6, 6.07) is 2.26. The molecule has 176 valence electrons. The second kappa shape index (κ2) is 9.61. The normalized spacial score (nSPS) is 25.4. The highest BCUT2D eigenvalue weighted by molar-refractivity contribution is 8.26. The molecule has 1 aliphatic carbocycles. The van der Waals surface area contributed by atoms with Crippen molar-refractivity contribution in [3.05, 3.63) is 31.9 Å². The number of hydrogen-bond donors (Lipinski definition) is 0. The van der Waals surface area contributed by atoms with Gasteiger partial charge in [0.2, 0.25) is 0 Å². The minimum Gasteiger partial charge on any atom is -0.372 e. The molecular weight excluding hydrogens is 456 g/mol. The lowest BCUT2D eigenvalue weighted by atomic mass is 10.0. The molecule has 2 unspecified atom stereocenters. The Labute approximate surface area is 204 Å². The summed E-state index contributed by atoms with van der Waals surface area (Å²) >= 11 is 6.90. The molecule has 1 aromatic rings. The maximum atomic E-state index is 13.4. The Hall–Kier alpha value is -2.15. The van der Waals surface area contributed by atoms with Crippen molar-refractivity contribution in [3.63, 3.8) is 0 Å². The van der Waals surface area contributed by atoms with E-state index >= 15 is 0 Å². The number of carbonyl (C=O) groups excluding carboxylic acids is 1. The summed E-state index contributed by atoms with van der Waals surface area (Å²) in [6.45, 7) is 9.39. The third kappa shape index (κ3) is 4.36. The Morgan fingerprint density at radius 2 is 1.85 bits per heavy atom. The molecule has 1 saturated carbocycles. The zero-order chi connectivity index (χ0) is 23.9. The largest absolute Gasteiger partial charge is 0.372 e. The standard InChI is InChI=1S/C24H30N4O3S2/c1-5-27-21(26-12-14(2)31-15(3)13-26)18(16(4)19(11-25)22(27)29)10-20-23(30)28(24(32)33-20)17-8-6-7-9-17/h10,14-15,17H,5-9,12-13H2,1-4H3. The second-order valence-electron chi connectivity index (χ2n) is 9.05. The quantitative estimate of drug-likeness (QED) is 0.473. The number of anilines is 1. The predicted molar refractivity (Wildman–Crippen MR) is 135 cm³/mol. The Morgan fingerprint density at radius 1 is 1.21 bits per heavy atom. The molecule has 3 heterocycles. The van der Waals surface area contributed by atoms with Crippen LogP contribution in [0.1, 0.15) is 63.1 Å². The molecule has 2 saturated heterocycles. The van der Waals surface area contributed by atoms with E-state index in [1.807, 2.05) is 26.8 Å². The highest BCUT2D eigenvalue weighted by Crippen LogP contribution is 2.39. The van der Waals surface area contributed by atoms with Gasteiger partial charge in [-0.3, -0.25) is 19.1 Å². The number of thiocarbonyl (C=S) groups is 1. The third-order valence-corrected chi connectivity index (χ3v) is 8.00. The lowest BCUT2D eigenvalue weighted by molar-refractivity contribution is -0.123. The third-order valence-electron chi connectivity index (χ3n) is 6.67. The molecule has 0 aromatic carbocycles. The number of hydrogen-bond acceptors (Lipinski definition) is 7. The van der Waals surface area contributed by atoms with Crippen molar-refractivity contribution in [2.45, 2.75) is 78.2 Å². The molecule has 0 bridgehead atoms. The Morgan fingerprint density at radius 3 is 2.42 bits per heavy atom. The topological polar surface area (TPSA) is 78.6 Å². The van der Waals surface area contributed by atoms with E-state index < -0.39 is 0 Å². The van der Waals surface area contributed by atoms with Crippen LogP contribution in [0.2, 0.25) is 0 Å². The van der Waals surface area contributed by atoms with Crippen molar-refractivity contribution in [1.82, 2.24) is 9.47 Å². The van der Waals surface area contributed by atoms with E-state index in [0.29, 0.717) is 34.4 Å². The number of amides is 1. The average Bonchev–Trinajstić information content (AvgIpc) is 3.37. The maximum Gasteiger partial charge on any atom is 0.270 e. The fourth-order valence-corrected chi connectivity index (χ4v) is 6.60. The molecule has 1 aromatic heterocycles. The highest BCUT2D eigenvalue weighted by atomic mass is 32.2. The van der Waals surface area contributed by atoms with Gasteiger partial charge in [0.25, 0.3) is 11.5 Å². The van der Waals surface area contributed by atoms with Crippen LogP contribution in [0.3, 0.4) is 0 Å². The van der Waals surface area contributed by atoms with Crippen LogP contribution < -0.4 is 10.5 Å². The number of nitriles is 1. The molecule has 1 amide bonds. The summed E-state index contributed by atoms with van der Waals surface area (Å²) in [5, 5.41) is 9.75. The lowest BCUT2D eigenvalue weighted by Gasteiger charge is -2.39. The smallest absolute Gasteiger partial charge is 0.270 e. The van der Waals surface area contributed by atoms with Gasteiger partial charge in [0, 0.05) is 31.2 Å². The fourth-order valence-electron chi connectivity index (χ4n) is 5.22. The zero-order valence-electron chi connectivity index (χ0n) is 19.6. The van der Waals surface area contributed by atoms with Crippen LogP contribution >= 0.6 is 24.0 Å². The first-order valence-corrected chi connectivity index (χ1v) is 12.8. The van der Waals surface area contributed by atoms with E-state index in [-0.39, 0.29) is 35.3 Å². The molecule has 2 aliphatic heterocycles. The van der Waals surface area contributed by atoms with E-state index in [1.165, 1.54) is 11.8 Å². The Balaban J connectivity index is 1.87. The van der Waals surface area contributed by atoms with E-state index in [0.717, 1.165) is 37.1 Å². The summed E-state index contributed by atoms with van der Waals surface area (Å²) < 4.78 is 8.16. The van der Waals surface area contributed by atoms with Crippen molar-refractivity contribution in [2.75, 3.05) is 18.0 Å². The molecule has 4 rings (SSSR count). The summed E-state index contributed by atoms with van der Waals surface area (Å²) in [5.41, 5.74) is 1.16. The summed E-state index contributed by atoms with van der Waals surface area (Å²) in [7, 11) is 0. The van der Waals surface area contributed by atoms with Crippen LogP contribution in [-0.2, 0) is 16.1 Å². The van der Waals surface area contributed by atoms with Gasteiger partial charge in [0.1, 0.15) is 21.8 Å². The zero-order valence-corrected chi connectivity index (χ0v) is 21.2. The highest BCUT2D eigenvalue weighted by Gasteiger charge is 2.39. The van der Waals surface area contributed by atoms with Gasteiger partial charge in [-0.25, -0.2) is 0 Å². The molecule has 7 nitrogen and oxygen atoms in total. The van der Waals surface area contributed by atoms with Crippen molar-refractivity contribution in [1.29, 1.82) is 5.26 Å². The van der Waals surface area contributed by atoms with E-state index in [4.69, 9.17) is 17.0 Å². The van der Waals surface area contributed by atoms with Gasteiger partial charge in [-0.1, -0.05) is 36.8 Å². The molecule has 3 aliphatic rings. The van der Waals surface area contributed by atoms with Crippen LogP contribution in [0, 0.1) is 18.3 Å². The molecule has 0 N–H and O–H groups in total. The summed E-state index contributed by atoms with van der Waals surface area (Å²) in [6.07, 6.45) is 6.03. The van der Waals surface area contributed by atoms with Gasteiger partial charge >= 0.3 is 0 Å². The van der Waals surface area contributed by atoms with Gasteiger partial charge < -0.3 is 9.64 Å². The number of rotatable bonds is 4. The SMILES string of the molecule is CCn1c(N2CC(C)OC(C)C2)c(C=C2SC(=S)N(C3CCCC3)C2=O)c(C)c(C#N)c1=O. The van der Waals surface area contributed by atoms with Crippen LogP contribution in [0.25, 0.3) is 6.08 Å². The molecular formula is C24H30N4O3S2. The number of ether oxygens (including phenoxy) is 1. The van der Waals surface area contributed by atoms with Gasteiger partial charge in [-0.15, -0.1) is 0 Å². The first-order chi connectivity index (χ1) is 15.8. The van der Waals surface area contributed by atoms with Gasteiger partial charge in [0.15, 0.2) is 0 Å². The minimum atomic E-state index is -0.296. The van der Waals surface area contributed by atoms with Crippen molar-refractivity contribution in [2.24, 2.45) is 0 Å². The molecule has 2 atom stereocenters. The predicted octanol–water partition coefficient (Wildman–Crippen LogP) is 3.81. The number of pyridine rings is 1. The van der Waals surface area contributed by atoms with Gasteiger partial charge in [0.05, 0.1) is 17.1 Å². The van der Waals surface area contributed by atoms with Gasteiger partial charge in [-0.05, 0) is 52.2 Å². The van der Waals surface area contributed by atoms with E-state index in [9.17, 15) is 14.9 Å². The van der Waals surface area contributed by atoms with Crippen LogP contribution in [0.4, 0.5) is 5.82 Å². The fraction of sp³-hybridized carbons (Fsp3) is 0.583. The molecule has 3 fully saturated rings. The van der Waals surface area contributed by atoms with Crippen molar-refractivity contribution in [3.8, 4) is 6.07 Å². The average molecular weight is 487 g/mol. The first kappa shape index (κ1) is 24.0. The minimum absolute atomic E-state index is 0.00136.